The van der Waals surface area contributed by atoms with Gasteiger partial charge in [-0.05, 0) is 23.6 Å². The summed E-state index contributed by atoms with van der Waals surface area (Å²) < 4.78 is 0. The number of halogens is 2. The van der Waals surface area contributed by atoms with E-state index in [1.807, 2.05) is 13.8 Å². The number of phenolic OH excluding ortho intramolecular Hbond substituents is 1. The molecule has 0 spiro atoms. The molecule has 0 aliphatic rings. The number of aromatic amines is 1. The molecular weight excluding hydrogens is 327 g/mol. The Kier molecular flexibility index (Phi) is 5.05. The highest BCUT2D eigenvalue weighted by molar-refractivity contribution is 6.37. The summed E-state index contributed by atoms with van der Waals surface area (Å²) in [5, 5.41) is 13.7. The number of hydrogen-bond acceptors (Lipinski definition) is 5. The normalized spacial score (nSPS) is 11.3. The summed E-state index contributed by atoms with van der Waals surface area (Å²) in [5.41, 5.74) is 3.63. The number of nitrogens with one attached hydrogen (secondary N) is 2. The van der Waals surface area contributed by atoms with Gasteiger partial charge in [0.15, 0.2) is 5.75 Å². The van der Waals surface area contributed by atoms with E-state index in [0.29, 0.717) is 11.3 Å². The zero-order valence-corrected chi connectivity index (χ0v) is 13.4. The Labute approximate surface area is 136 Å². The first kappa shape index (κ1) is 16.3. The molecule has 0 saturated heterocycles. The third-order valence-corrected chi connectivity index (χ3v) is 3.35. The topological polar surface area (TPSA) is 90.4 Å². The molecule has 2 rings (SSSR count). The van der Waals surface area contributed by atoms with Crippen LogP contribution in [0.15, 0.2) is 28.1 Å². The number of phenols is 1. The minimum atomic E-state index is -0.257. The zero-order valence-electron chi connectivity index (χ0n) is 11.9. The first-order valence-corrected chi connectivity index (χ1v) is 7.20. The fourth-order valence-corrected chi connectivity index (χ4v) is 2.16. The minimum absolute atomic E-state index is 0.126. The molecule has 0 saturated carbocycles. The molecule has 0 atom stereocenters. The molecule has 0 radical (unpaired) electrons. The lowest BCUT2D eigenvalue weighted by atomic mass is 10.1. The smallest absolute Gasteiger partial charge is 0.252 e. The van der Waals surface area contributed by atoms with Crippen LogP contribution in [0.25, 0.3) is 0 Å². The van der Waals surface area contributed by atoms with E-state index in [9.17, 15) is 9.90 Å². The molecule has 1 heterocycles. The van der Waals surface area contributed by atoms with Crippen LogP contribution >= 0.6 is 23.2 Å². The predicted molar refractivity (Wildman–Crippen MR) is 88.3 cm³/mol. The number of aromatic hydroxyl groups is 1. The van der Waals surface area contributed by atoms with E-state index >= 15 is 0 Å². The molecule has 22 heavy (non-hydrogen) atoms. The van der Waals surface area contributed by atoms with Crippen molar-refractivity contribution in [3.8, 4) is 5.75 Å². The molecule has 0 aliphatic carbocycles. The Bertz CT molecular complexity index is 749. The quantitative estimate of drug-likeness (QED) is 0.588. The number of rotatable bonds is 4. The number of anilines is 1. The molecule has 2 aromatic rings. The SMILES string of the molecule is CC(C)c1cc(=O)[nH]c(N/N=C\c2cc(Cl)c(O)c(Cl)c2)n1. The van der Waals surface area contributed by atoms with Gasteiger partial charge in [0.05, 0.1) is 22.0 Å². The van der Waals surface area contributed by atoms with Gasteiger partial charge in [-0.25, -0.2) is 10.4 Å². The molecule has 3 N–H and O–H groups in total. The molecule has 0 unspecified atom stereocenters. The van der Waals surface area contributed by atoms with Gasteiger partial charge in [0.2, 0.25) is 5.95 Å². The first-order valence-electron chi connectivity index (χ1n) is 6.45. The lowest BCUT2D eigenvalue weighted by Crippen LogP contribution is -2.12. The van der Waals surface area contributed by atoms with E-state index in [1.54, 1.807) is 0 Å². The van der Waals surface area contributed by atoms with Crippen molar-refractivity contribution in [3.63, 3.8) is 0 Å². The third kappa shape index (κ3) is 3.99. The summed E-state index contributed by atoms with van der Waals surface area (Å²) in [4.78, 5) is 18.3. The second-order valence-corrected chi connectivity index (χ2v) is 5.69. The molecule has 0 amide bonds. The average Bonchev–Trinajstić information content (AvgIpc) is 2.44. The van der Waals surface area contributed by atoms with E-state index in [0.717, 1.165) is 0 Å². The molecule has 0 bridgehead atoms. The van der Waals surface area contributed by atoms with Crippen LogP contribution < -0.4 is 11.0 Å². The highest BCUT2D eigenvalue weighted by Gasteiger charge is 2.06. The van der Waals surface area contributed by atoms with Crippen molar-refractivity contribution in [2.45, 2.75) is 19.8 Å². The van der Waals surface area contributed by atoms with E-state index in [2.05, 4.69) is 20.5 Å². The van der Waals surface area contributed by atoms with Crippen molar-refractivity contribution < 1.29 is 5.11 Å². The largest absolute Gasteiger partial charge is 0.505 e. The molecule has 0 aliphatic heterocycles. The Hall–Kier alpha value is -2.05. The highest BCUT2D eigenvalue weighted by Crippen LogP contribution is 2.32. The van der Waals surface area contributed by atoms with E-state index < -0.39 is 0 Å². The van der Waals surface area contributed by atoms with Gasteiger partial charge in [-0.1, -0.05) is 37.0 Å². The lowest BCUT2D eigenvalue weighted by molar-refractivity contribution is 0.476. The Balaban J connectivity index is 2.18. The van der Waals surface area contributed by atoms with Gasteiger partial charge in [0.1, 0.15) is 0 Å². The average molecular weight is 341 g/mol. The second kappa shape index (κ2) is 6.81. The van der Waals surface area contributed by atoms with Crippen LogP contribution in [0.2, 0.25) is 10.0 Å². The summed E-state index contributed by atoms with van der Waals surface area (Å²) in [6.07, 6.45) is 1.44. The second-order valence-electron chi connectivity index (χ2n) is 4.88. The number of hydrazone groups is 1. The van der Waals surface area contributed by atoms with Crippen LogP contribution in [0.3, 0.4) is 0 Å². The van der Waals surface area contributed by atoms with E-state index in [1.165, 1.54) is 24.4 Å². The maximum absolute atomic E-state index is 11.5. The van der Waals surface area contributed by atoms with Crippen LogP contribution in [-0.4, -0.2) is 21.3 Å². The van der Waals surface area contributed by atoms with Crippen LogP contribution in [0.4, 0.5) is 5.95 Å². The fourth-order valence-electron chi connectivity index (χ4n) is 1.65. The highest BCUT2D eigenvalue weighted by atomic mass is 35.5. The van der Waals surface area contributed by atoms with Crippen molar-refractivity contribution >= 4 is 35.4 Å². The van der Waals surface area contributed by atoms with Crippen molar-refractivity contribution in [2.24, 2.45) is 5.10 Å². The maximum atomic E-state index is 11.5. The molecule has 8 heteroatoms. The zero-order chi connectivity index (χ0) is 16.3. The summed E-state index contributed by atoms with van der Waals surface area (Å²) in [6.45, 7) is 3.88. The number of aromatic nitrogens is 2. The monoisotopic (exact) mass is 340 g/mol. The number of H-pyrrole nitrogens is 1. The molecule has 1 aromatic heterocycles. The summed E-state index contributed by atoms with van der Waals surface area (Å²) in [6, 6.07) is 4.46. The number of benzene rings is 1. The van der Waals surface area contributed by atoms with Gasteiger partial charge in [-0.3, -0.25) is 9.78 Å². The maximum Gasteiger partial charge on any atom is 0.252 e. The van der Waals surface area contributed by atoms with Gasteiger partial charge in [-0.2, -0.15) is 5.10 Å². The minimum Gasteiger partial charge on any atom is -0.505 e. The number of hydrogen-bond donors (Lipinski definition) is 3. The van der Waals surface area contributed by atoms with Gasteiger partial charge >= 0.3 is 0 Å². The van der Waals surface area contributed by atoms with Gasteiger partial charge in [-0.15, -0.1) is 0 Å². The summed E-state index contributed by atoms with van der Waals surface area (Å²) in [5.74, 6) is 0.189. The fraction of sp³-hybridized carbons (Fsp3) is 0.214. The standard InChI is InChI=1S/C14H14Cl2N4O2/c1-7(2)11-5-12(21)19-14(18-11)20-17-6-8-3-9(15)13(22)10(16)4-8/h3-7,22H,1-2H3,(H2,18,19,20,21)/b17-6-. The van der Waals surface area contributed by atoms with Gasteiger partial charge in [0, 0.05) is 6.07 Å². The molecule has 6 nitrogen and oxygen atoms in total. The van der Waals surface area contributed by atoms with Crippen LogP contribution in [0, 0.1) is 0 Å². The van der Waals surface area contributed by atoms with E-state index in [4.69, 9.17) is 23.2 Å². The summed E-state index contributed by atoms with van der Waals surface area (Å²) >= 11 is 11.6. The molecule has 116 valence electrons. The molecule has 0 fully saturated rings. The Morgan fingerprint density at radius 3 is 2.55 bits per heavy atom. The van der Waals surface area contributed by atoms with E-state index in [-0.39, 0.29) is 33.2 Å². The first-order chi connectivity index (χ1) is 10.4. The van der Waals surface area contributed by atoms with Crippen LogP contribution in [0.1, 0.15) is 31.0 Å². The Morgan fingerprint density at radius 1 is 1.32 bits per heavy atom. The number of nitrogens with zero attached hydrogens (tertiary/aromatic N) is 2. The lowest BCUT2D eigenvalue weighted by Gasteiger charge is -2.06. The van der Waals surface area contributed by atoms with Crippen molar-refractivity contribution in [2.75, 3.05) is 5.43 Å². The Morgan fingerprint density at radius 2 is 1.95 bits per heavy atom. The predicted octanol–water partition coefficient (Wildman–Crippen LogP) is 3.35. The third-order valence-electron chi connectivity index (χ3n) is 2.78. The molecular formula is C14H14Cl2N4O2. The van der Waals surface area contributed by atoms with Crippen molar-refractivity contribution in [3.05, 3.63) is 49.9 Å². The van der Waals surface area contributed by atoms with Crippen molar-refractivity contribution in [1.29, 1.82) is 0 Å². The van der Waals surface area contributed by atoms with Gasteiger partial charge < -0.3 is 5.11 Å². The molecule has 1 aromatic carbocycles. The van der Waals surface area contributed by atoms with Crippen LogP contribution in [-0.2, 0) is 0 Å². The van der Waals surface area contributed by atoms with Crippen LogP contribution in [0.5, 0.6) is 5.75 Å². The van der Waals surface area contributed by atoms with Gasteiger partial charge in [0.25, 0.3) is 5.56 Å². The summed E-state index contributed by atoms with van der Waals surface area (Å²) in [7, 11) is 0. The van der Waals surface area contributed by atoms with Crippen molar-refractivity contribution in [1.82, 2.24) is 9.97 Å².